The number of para-hydroxylation sites is 1. The van der Waals surface area contributed by atoms with Crippen molar-refractivity contribution >= 4 is 40.1 Å². The molecule has 32 heavy (non-hydrogen) atoms. The Morgan fingerprint density at radius 1 is 0.969 bits per heavy atom. The molecule has 7 nitrogen and oxygen atoms in total. The number of benzene rings is 2. The van der Waals surface area contributed by atoms with Gasteiger partial charge < -0.3 is 25.0 Å². The van der Waals surface area contributed by atoms with E-state index >= 15 is 0 Å². The number of hydrogen-bond donors (Lipinski definition) is 2. The average Bonchev–Trinajstić information content (AvgIpc) is 3.20. The molecule has 166 valence electrons. The van der Waals surface area contributed by atoms with Crippen molar-refractivity contribution in [3.8, 4) is 0 Å². The maximum atomic E-state index is 12.7. The van der Waals surface area contributed by atoms with Gasteiger partial charge in [0.25, 0.3) is 0 Å². The lowest BCUT2D eigenvalue weighted by Gasteiger charge is -2.36. The fourth-order valence-electron chi connectivity index (χ4n) is 4.61. The highest BCUT2D eigenvalue weighted by molar-refractivity contribution is 6.31. The van der Waals surface area contributed by atoms with Crippen molar-refractivity contribution < 1.29 is 9.59 Å². The van der Waals surface area contributed by atoms with Crippen molar-refractivity contribution in [3.05, 3.63) is 64.8 Å². The fraction of sp³-hybridized carbons (Fsp3) is 0.333. The number of piperazine rings is 1. The summed E-state index contributed by atoms with van der Waals surface area (Å²) in [5, 5.41) is 4.65. The number of amides is 3. The van der Waals surface area contributed by atoms with Crippen LogP contribution in [0.3, 0.4) is 0 Å². The second kappa shape index (κ2) is 8.74. The van der Waals surface area contributed by atoms with Crippen molar-refractivity contribution in [2.45, 2.75) is 13.0 Å². The number of fused-ring (bicyclic) bond motifs is 3. The molecule has 0 spiro atoms. The van der Waals surface area contributed by atoms with E-state index in [1.807, 2.05) is 41.3 Å². The minimum atomic E-state index is -0.205. The molecule has 5 rings (SSSR count). The maximum absolute atomic E-state index is 12.7. The van der Waals surface area contributed by atoms with E-state index in [0.717, 1.165) is 36.1 Å². The molecule has 0 saturated carbocycles. The van der Waals surface area contributed by atoms with Crippen molar-refractivity contribution in [2.24, 2.45) is 0 Å². The van der Waals surface area contributed by atoms with Crippen LogP contribution in [-0.2, 0) is 17.8 Å². The molecule has 3 amide bonds. The Balaban J connectivity index is 1.13. The van der Waals surface area contributed by atoms with E-state index in [0.29, 0.717) is 31.2 Å². The zero-order valence-electron chi connectivity index (χ0n) is 17.8. The van der Waals surface area contributed by atoms with E-state index in [1.165, 1.54) is 11.3 Å². The summed E-state index contributed by atoms with van der Waals surface area (Å²) in [6.45, 7) is 4.05. The third kappa shape index (κ3) is 4.12. The van der Waals surface area contributed by atoms with Gasteiger partial charge in [0, 0.05) is 60.0 Å². The summed E-state index contributed by atoms with van der Waals surface area (Å²) in [7, 11) is 0. The highest BCUT2D eigenvalue weighted by Gasteiger charge is 2.26. The van der Waals surface area contributed by atoms with Crippen LogP contribution in [0.2, 0.25) is 5.02 Å². The molecule has 0 radical (unpaired) electrons. The SMILES string of the molecule is O=C(CNC(=O)N1CCc2c([nH]c3ccc(Cl)cc23)C1)N1CCN(c2ccccc2)CC1. The molecule has 2 aliphatic rings. The zero-order valence-corrected chi connectivity index (χ0v) is 18.6. The van der Waals surface area contributed by atoms with Crippen LogP contribution < -0.4 is 10.2 Å². The zero-order chi connectivity index (χ0) is 22.1. The van der Waals surface area contributed by atoms with Crippen LogP contribution in [0.15, 0.2) is 48.5 Å². The molecule has 0 atom stereocenters. The standard InChI is InChI=1S/C24H26ClN5O2/c25-17-6-7-21-20(14-17)19-8-9-30(16-22(19)27-21)24(32)26-15-23(31)29-12-10-28(11-13-29)18-4-2-1-3-5-18/h1-7,14,27H,8-13,15-16H2,(H,26,32). The molecule has 3 aromatic rings. The number of urea groups is 1. The predicted octanol–water partition coefficient (Wildman–Crippen LogP) is 3.24. The van der Waals surface area contributed by atoms with Crippen molar-refractivity contribution in [1.82, 2.24) is 20.1 Å². The number of rotatable bonds is 3. The molecule has 1 fully saturated rings. The lowest BCUT2D eigenvalue weighted by molar-refractivity contribution is -0.130. The van der Waals surface area contributed by atoms with Gasteiger partial charge in [-0.25, -0.2) is 4.79 Å². The summed E-state index contributed by atoms with van der Waals surface area (Å²) in [5.41, 5.74) is 4.47. The largest absolute Gasteiger partial charge is 0.368 e. The summed E-state index contributed by atoms with van der Waals surface area (Å²) < 4.78 is 0. The van der Waals surface area contributed by atoms with E-state index in [4.69, 9.17) is 11.6 Å². The molecular weight excluding hydrogens is 426 g/mol. The van der Waals surface area contributed by atoms with Gasteiger partial charge in [0.1, 0.15) is 0 Å². The third-order valence-electron chi connectivity index (χ3n) is 6.37. The number of carbonyl (C=O) groups excluding carboxylic acids is 2. The second-order valence-electron chi connectivity index (χ2n) is 8.31. The van der Waals surface area contributed by atoms with Gasteiger partial charge in [-0.05, 0) is 42.3 Å². The highest BCUT2D eigenvalue weighted by Crippen LogP contribution is 2.29. The first-order valence-electron chi connectivity index (χ1n) is 11.0. The maximum Gasteiger partial charge on any atom is 0.318 e. The summed E-state index contributed by atoms with van der Waals surface area (Å²) in [6, 6.07) is 15.8. The Morgan fingerprint density at radius 3 is 2.53 bits per heavy atom. The van der Waals surface area contributed by atoms with Crippen LogP contribution >= 0.6 is 11.6 Å². The van der Waals surface area contributed by atoms with Crippen molar-refractivity contribution in [1.29, 1.82) is 0 Å². The highest BCUT2D eigenvalue weighted by atomic mass is 35.5. The van der Waals surface area contributed by atoms with E-state index in [2.05, 4.69) is 27.3 Å². The van der Waals surface area contributed by atoms with E-state index < -0.39 is 0 Å². The van der Waals surface area contributed by atoms with Gasteiger partial charge in [-0.3, -0.25) is 4.79 Å². The van der Waals surface area contributed by atoms with E-state index in [1.54, 1.807) is 4.90 Å². The summed E-state index contributed by atoms with van der Waals surface area (Å²) >= 11 is 6.14. The molecule has 0 aliphatic carbocycles. The van der Waals surface area contributed by atoms with Crippen LogP contribution in [-0.4, -0.2) is 66.0 Å². The van der Waals surface area contributed by atoms with Crippen LogP contribution in [0, 0.1) is 0 Å². The first-order chi connectivity index (χ1) is 15.6. The number of carbonyl (C=O) groups is 2. The molecule has 0 bridgehead atoms. The number of hydrogen-bond acceptors (Lipinski definition) is 3. The summed E-state index contributed by atoms with van der Waals surface area (Å²) in [6.07, 6.45) is 0.762. The van der Waals surface area contributed by atoms with Crippen molar-refractivity contribution in [3.63, 3.8) is 0 Å². The lowest BCUT2D eigenvalue weighted by atomic mass is 10.0. The summed E-state index contributed by atoms with van der Waals surface area (Å²) in [4.78, 5) is 34.6. The Kier molecular flexibility index (Phi) is 5.66. The number of halogens is 1. The molecule has 2 aromatic carbocycles. The molecule has 2 aliphatic heterocycles. The first kappa shape index (κ1) is 20.7. The average molecular weight is 452 g/mol. The van der Waals surface area contributed by atoms with Gasteiger partial charge in [0.15, 0.2) is 0 Å². The number of anilines is 1. The minimum Gasteiger partial charge on any atom is -0.368 e. The number of nitrogens with one attached hydrogen (secondary N) is 2. The molecule has 1 aromatic heterocycles. The number of H-pyrrole nitrogens is 1. The molecule has 0 unspecified atom stereocenters. The quantitative estimate of drug-likeness (QED) is 0.642. The number of aromatic nitrogens is 1. The second-order valence-corrected chi connectivity index (χ2v) is 8.74. The van der Waals surface area contributed by atoms with Crippen LogP contribution in [0.5, 0.6) is 0 Å². The number of aromatic amines is 1. The van der Waals surface area contributed by atoms with Crippen LogP contribution in [0.4, 0.5) is 10.5 Å². The normalized spacial score (nSPS) is 16.2. The molecule has 2 N–H and O–H groups in total. The Bertz CT molecular complexity index is 1140. The summed E-state index contributed by atoms with van der Waals surface area (Å²) in [5.74, 6) is -0.0379. The van der Waals surface area contributed by atoms with Crippen LogP contribution in [0.1, 0.15) is 11.3 Å². The lowest BCUT2D eigenvalue weighted by Crippen LogP contribution is -2.52. The van der Waals surface area contributed by atoms with Crippen LogP contribution in [0.25, 0.3) is 10.9 Å². The first-order valence-corrected chi connectivity index (χ1v) is 11.4. The molecule has 1 saturated heterocycles. The topological polar surface area (TPSA) is 71.7 Å². The predicted molar refractivity (Wildman–Crippen MR) is 126 cm³/mol. The third-order valence-corrected chi connectivity index (χ3v) is 6.60. The smallest absolute Gasteiger partial charge is 0.318 e. The van der Waals surface area contributed by atoms with Gasteiger partial charge in [-0.1, -0.05) is 29.8 Å². The van der Waals surface area contributed by atoms with Gasteiger partial charge in [-0.15, -0.1) is 0 Å². The van der Waals surface area contributed by atoms with Gasteiger partial charge >= 0.3 is 6.03 Å². The minimum absolute atomic E-state index is 0.0236. The fourth-order valence-corrected chi connectivity index (χ4v) is 4.79. The van der Waals surface area contributed by atoms with E-state index in [-0.39, 0.29) is 18.5 Å². The Labute approximate surface area is 191 Å². The van der Waals surface area contributed by atoms with Gasteiger partial charge in [-0.2, -0.15) is 0 Å². The number of nitrogens with zero attached hydrogens (tertiary/aromatic N) is 3. The monoisotopic (exact) mass is 451 g/mol. The van der Waals surface area contributed by atoms with Gasteiger partial charge in [0.05, 0.1) is 13.1 Å². The molecule has 3 heterocycles. The van der Waals surface area contributed by atoms with Gasteiger partial charge in [0.2, 0.25) is 5.91 Å². The van der Waals surface area contributed by atoms with E-state index in [9.17, 15) is 9.59 Å². The van der Waals surface area contributed by atoms with Crippen molar-refractivity contribution in [2.75, 3.05) is 44.2 Å². The Hall–Kier alpha value is -3.19. The Morgan fingerprint density at radius 2 is 1.75 bits per heavy atom. The molecule has 8 heteroatoms. The molecular formula is C24H26ClN5O2.